The van der Waals surface area contributed by atoms with Gasteiger partial charge in [0.15, 0.2) is 0 Å². The summed E-state index contributed by atoms with van der Waals surface area (Å²) in [6.45, 7) is 8.50. The molecule has 21 heteroatoms. The number of Topliss-reactive ketones (excluding diaryl/α,β-unsaturated/α-hetero) is 1. The van der Waals surface area contributed by atoms with Gasteiger partial charge in [0.1, 0.15) is 36.8 Å². The van der Waals surface area contributed by atoms with Gasteiger partial charge in [-0.1, -0.05) is 41.0 Å². The second kappa shape index (κ2) is 22.6. The molecule has 1 aliphatic heterocycles. The molecule has 6 unspecified atom stereocenters. The smallest absolute Gasteiger partial charge is 0.322 e. The van der Waals surface area contributed by atoms with Crippen molar-refractivity contribution >= 4 is 65.0 Å². The fourth-order valence-electron chi connectivity index (χ4n) is 5.47. The molecule has 1 aliphatic rings. The summed E-state index contributed by atoms with van der Waals surface area (Å²) in [4.78, 5) is 138. The van der Waals surface area contributed by atoms with E-state index in [9.17, 15) is 57.8 Å². The third-order valence-electron chi connectivity index (χ3n) is 8.54. The van der Waals surface area contributed by atoms with Gasteiger partial charge >= 0.3 is 17.9 Å². The summed E-state index contributed by atoms with van der Waals surface area (Å²) in [5.41, 5.74) is 0. The number of hydrogen-bond donors (Lipinski definition) is 9. The molecule has 0 spiro atoms. The van der Waals surface area contributed by atoms with Crippen molar-refractivity contribution < 1.29 is 68.1 Å². The van der Waals surface area contributed by atoms with Crippen molar-refractivity contribution in [1.29, 1.82) is 0 Å². The largest absolute Gasteiger partial charge is 0.481 e. The molecule has 0 bridgehead atoms. The lowest BCUT2D eigenvalue weighted by molar-refractivity contribution is -0.152. The van der Waals surface area contributed by atoms with Crippen molar-refractivity contribution in [1.82, 2.24) is 36.8 Å². The normalized spacial score (nSPS) is 16.2. The van der Waals surface area contributed by atoms with E-state index in [-0.39, 0.29) is 25.8 Å². The average molecular weight is 784 g/mol. The summed E-state index contributed by atoms with van der Waals surface area (Å²) in [5, 5.41) is 41.2. The summed E-state index contributed by atoms with van der Waals surface area (Å²) in [6, 6.07) is -7.79. The van der Waals surface area contributed by atoms with Crippen LogP contribution < -0.4 is 31.9 Å². The van der Waals surface area contributed by atoms with Crippen LogP contribution >= 0.6 is 0 Å². The van der Waals surface area contributed by atoms with Crippen LogP contribution in [0.3, 0.4) is 0 Å². The van der Waals surface area contributed by atoms with Crippen LogP contribution in [0.15, 0.2) is 0 Å². The van der Waals surface area contributed by atoms with Crippen LogP contribution in [0.25, 0.3) is 0 Å². The van der Waals surface area contributed by atoms with Gasteiger partial charge in [-0.15, -0.1) is 0 Å². The summed E-state index contributed by atoms with van der Waals surface area (Å²) in [6.07, 6.45) is -1.24. The van der Waals surface area contributed by atoms with Crippen LogP contribution in [0, 0.1) is 11.8 Å². The van der Waals surface area contributed by atoms with Gasteiger partial charge in [0.05, 0.1) is 6.04 Å². The van der Waals surface area contributed by atoms with Crippen LogP contribution in [-0.2, 0) is 52.7 Å². The molecule has 0 radical (unpaired) electrons. The summed E-state index contributed by atoms with van der Waals surface area (Å²) < 4.78 is 0. The lowest BCUT2D eigenvalue weighted by Crippen LogP contribution is -2.65. The Bertz CT molecular complexity index is 1480. The number of carbonyl (C=O) groups excluding carboxylic acids is 8. The molecule has 7 amide bonds. The highest BCUT2D eigenvalue weighted by Gasteiger charge is 2.43. The van der Waals surface area contributed by atoms with E-state index < -0.39 is 139 Å². The number of carboxylic acid groups (broad SMARTS) is 3. The minimum absolute atomic E-state index is 0.0557. The van der Waals surface area contributed by atoms with E-state index in [1.165, 1.54) is 4.90 Å². The van der Waals surface area contributed by atoms with Crippen molar-refractivity contribution in [2.24, 2.45) is 11.8 Å². The summed E-state index contributed by atoms with van der Waals surface area (Å²) in [7, 11) is 0. The van der Waals surface area contributed by atoms with E-state index in [1.807, 2.05) is 5.32 Å². The Labute approximate surface area is 317 Å². The third kappa shape index (κ3) is 15.7. The molecular formula is C34H53N7O14. The third-order valence-corrected chi connectivity index (χ3v) is 8.54. The van der Waals surface area contributed by atoms with Crippen molar-refractivity contribution in [3.8, 4) is 0 Å². The van der Waals surface area contributed by atoms with E-state index in [0.717, 1.165) is 6.92 Å². The van der Waals surface area contributed by atoms with Gasteiger partial charge in [-0.25, -0.2) is 0 Å². The molecular weight excluding hydrogens is 730 g/mol. The van der Waals surface area contributed by atoms with E-state index >= 15 is 0 Å². The quantitative estimate of drug-likeness (QED) is 0.0463. The Morgan fingerprint density at radius 2 is 1.15 bits per heavy atom. The molecule has 1 saturated heterocycles. The molecule has 21 nitrogen and oxygen atoms in total. The molecule has 0 aromatic carbocycles. The predicted octanol–water partition coefficient (Wildman–Crippen LogP) is -2.36. The first kappa shape index (κ1) is 47.4. The molecule has 6 atom stereocenters. The molecule has 0 aliphatic carbocycles. The number of ketones is 1. The molecule has 1 fully saturated rings. The maximum atomic E-state index is 13.7. The molecule has 1 rings (SSSR count). The Kier molecular flexibility index (Phi) is 19.4. The zero-order valence-electron chi connectivity index (χ0n) is 31.8. The Morgan fingerprint density at radius 3 is 1.58 bits per heavy atom. The summed E-state index contributed by atoms with van der Waals surface area (Å²) in [5.74, 6) is -12.2. The minimum atomic E-state index is -1.53. The van der Waals surface area contributed by atoms with Gasteiger partial charge < -0.3 is 52.1 Å². The van der Waals surface area contributed by atoms with Gasteiger partial charge in [-0.2, -0.15) is 0 Å². The second-order valence-corrected chi connectivity index (χ2v) is 13.8. The van der Waals surface area contributed by atoms with E-state index in [1.54, 1.807) is 34.6 Å². The highest BCUT2D eigenvalue weighted by Crippen LogP contribution is 2.22. The second-order valence-electron chi connectivity index (χ2n) is 13.8. The highest BCUT2D eigenvalue weighted by molar-refractivity contribution is 6.38. The highest BCUT2D eigenvalue weighted by atomic mass is 16.4. The van der Waals surface area contributed by atoms with E-state index in [2.05, 4.69) is 26.6 Å². The number of nitrogens with one attached hydrogen (secondary N) is 6. The topological polar surface area (TPSA) is 324 Å². The maximum absolute atomic E-state index is 13.7. The van der Waals surface area contributed by atoms with Crippen LogP contribution in [-0.4, -0.2) is 135 Å². The first-order valence-corrected chi connectivity index (χ1v) is 17.9. The monoisotopic (exact) mass is 783 g/mol. The first-order chi connectivity index (χ1) is 25.6. The molecule has 308 valence electrons. The van der Waals surface area contributed by atoms with E-state index in [0.29, 0.717) is 6.42 Å². The predicted molar refractivity (Wildman–Crippen MR) is 189 cm³/mol. The minimum Gasteiger partial charge on any atom is -0.481 e. The van der Waals surface area contributed by atoms with Gasteiger partial charge in [-0.3, -0.25) is 52.7 Å². The number of rotatable bonds is 24. The first-order valence-electron chi connectivity index (χ1n) is 17.9. The standard InChI is InChI=1S/C34H53N7O14/c1-7-8-19(28(49)33(54)35-15-25(47)48)37-31(52)22-13-14-41(22)34(55)27(17(4)5)40-32(53)26(16(2)3)39-30(51)21(10-12-24(45)46)38-29(50)20(36-18(6)42)9-11-23(43)44/h16-17,19-22,26-27H,7-15H2,1-6H3,(H,35,54)(H,36,42)(H,37,52)(H,38,50)(H,39,51)(H,40,53)(H,43,44)(H,45,46)(H,47,48). The Morgan fingerprint density at radius 1 is 0.636 bits per heavy atom. The number of carbonyl (C=O) groups is 11. The van der Waals surface area contributed by atoms with Crippen LogP contribution in [0.2, 0.25) is 0 Å². The molecule has 0 aromatic heterocycles. The summed E-state index contributed by atoms with van der Waals surface area (Å²) >= 11 is 0. The number of hydrogen-bond acceptors (Lipinski definition) is 11. The number of aliphatic carboxylic acids is 3. The molecule has 0 saturated carbocycles. The Balaban J connectivity index is 3.16. The van der Waals surface area contributed by atoms with Gasteiger partial charge in [-0.05, 0) is 37.5 Å². The van der Waals surface area contributed by atoms with Crippen molar-refractivity contribution in [2.75, 3.05) is 13.1 Å². The molecule has 55 heavy (non-hydrogen) atoms. The lowest BCUT2D eigenvalue weighted by atomic mass is 9.94. The number of amides is 7. The van der Waals surface area contributed by atoms with Crippen molar-refractivity contribution in [2.45, 2.75) is 123 Å². The maximum Gasteiger partial charge on any atom is 0.322 e. The van der Waals surface area contributed by atoms with Gasteiger partial charge in [0.2, 0.25) is 41.2 Å². The fraction of sp³-hybridized carbons (Fsp3) is 0.676. The number of carboxylic acids is 3. The molecule has 9 N–H and O–H groups in total. The van der Waals surface area contributed by atoms with E-state index in [4.69, 9.17) is 10.2 Å². The zero-order valence-corrected chi connectivity index (χ0v) is 31.8. The fourth-order valence-corrected chi connectivity index (χ4v) is 5.47. The number of likely N-dealkylation sites (tertiary alicyclic amines) is 1. The SMILES string of the molecule is CCCC(NC(=O)C1CCN1C(=O)C(NC(=O)C(NC(=O)C(CCC(=O)O)NC(=O)C(CCC(=O)O)NC(C)=O)C(C)C)C(C)C)C(=O)C(=O)NCC(=O)O. The van der Waals surface area contributed by atoms with Gasteiger partial charge in [0.25, 0.3) is 5.91 Å². The van der Waals surface area contributed by atoms with Crippen LogP contribution in [0.1, 0.15) is 86.5 Å². The van der Waals surface area contributed by atoms with Crippen molar-refractivity contribution in [3.63, 3.8) is 0 Å². The zero-order chi connectivity index (χ0) is 42.2. The lowest BCUT2D eigenvalue weighted by Gasteiger charge is -2.43. The van der Waals surface area contributed by atoms with Crippen LogP contribution in [0.5, 0.6) is 0 Å². The van der Waals surface area contributed by atoms with Gasteiger partial charge in [0, 0.05) is 26.3 Å². The molecule has 0 aromatic rings. The van der Waals surface area contributed by atoms with Crippen molar-refractivity contribution in [3.05, 3.63) is 0 Å². The van der Waals surface area contributed by atoms with Crippen LogP contribution in [0.4, 0.5) is 0 Å². The average Bonchev–Trinajstić information content (AvgIpc) is 3.06. The Hall–Kier alpha value is -5.63. The number of nitrogens with zero attached hydrogens (tertiary/aromatic N) is 1. The molecule has 1 heterocycles.